The fourth-order valence-corrected chi connectivity index (χ4v) is 13.6. The van der Waals surface area contributed by atoms with Crippen LogP contribution in [0.5, 0.6) is 17.2 Å². The molecule has 5 aromatic heterocycles. The van der Waals surface area contributed by atoms with E-state index in [1.165, 1.54) is 65.3 Å². The van der Waals surface area contributed by atoms with Gasteiger partial charge in [0.15, 0.2) is 0 Å². The topological polar surface area (TPSA) is 528 Å². The Bertz CT molecular complexity index is 5610. The maximum Gasteiger partial charge on any atom is 0.408 e. The number of ether oxygens (including phenoxy) is 9. The number of amides is 4. The van der Waals surface area contributed by atoms with E-state index in [0.717, 1.165) is 46.4 Å². The van der Waals surface area contributed by atoms with Crippen molar-refractivity contribution in [3.8, 4) is 62.8 Å². The Kier molecular flexibility index (Phi) is 34.8. The quantitative estimate of drug-likeness (QED) is 0.00723. The van der Waals surface area contributed by atoms with Crippen molar-refractivity contribution in [1.29, 1.82) is 0 Å². The number of hydrogen-bond acceptors (Lipinski definition) is 30. The average Bonchev–Trinajstić information content (AvgIpc) is 1.61. The molecular formula is C87H102IN18O22+. The molecule has 0 bridgehead atoms. The number of carbonyl (C=O) groups excluding carboxylic acids is 9. The molecule has 4 atom stereocenters. The van der Waals surface area contributed by atoms with Gasteiger partial charge in [-0.15, -0.1) is 20.4 Å². The minimum absolute atomic E-state index is 0.0372. The molecule has 41 heteroatoms. The van der Waals surface area contributed by atoms with Crippen LogP contribution >= 0.6 is 22.6 Å². The van der Waals surface area contributed by atoms with Gasteiger partial charge in [-0.25, -0.2) is 38.5 Å². The van der Waals surface area contributed by atoms with Crippen LogP contribution in [0.1, 0.15) is 152 Å². The van der Waals surface area contributed by atoms with Crippen LogP contribution in [0.2, 0.25) is 0 Å². The molecule has 1 aliphatic rings. The number of furan rings is 1. The standard InChI is InChI=1S/C28H27N7O4.C26H31N5O7.C17H22INO6.C16H21N5O5/c36-27(30-23(28(37)38)14-17-5-4-6-18(13-17)25-31-33-34-32-25)19-9-10-24-22(15-19)29-26(20-11-12-39-16-20)35(24)21-7-2-1-3-8-21;1-17(32)37-22-12-11-19(14-21(24(33)35-5)27-25(34)38-26(2,3)4)13-20(22)23-28-30-31(29-23)16-36-15-18-9-7-6-8-10-18;1-10(20)24-14-7-6-11(8-12(14)18)9-13(15(21)23-5)19-16(22)25-17(2,3)4;1-16(2,3)26-15(24)17-11(14(23)25-4)8-9-5-6-12(22)10(7-9)13-18-20-21-19-13/h4-6,9-13,15-16,21,23H,1-3,7-8,14H2,(H,30,36)(H,37,38)(H,31,32,33,34);6-13,21H,14-16H2,1-5H3,(H,27,34);6-8,13H,9H2,1-5H3,(H,19,22);5-7,11,22H,8H2,1-4H3,(H,17,24)(H,18,19,20,21)/p+1/t23-;21-;13-;11-/m0000/s1. The first-order chi connectivity index (χ1) is 60.8. The molecule has 0 spiro atoms. The van der Waals surface area contributed by atoms with E-state index in [0.29, 0.717) is 66.7 Å². The van der Waals surface area contributed by atoms with Gasteiger partial charge in [-0.3, -0.25) is 14.4 Å². The third-order valence-electron chi connectivity index (χ3n) is 18.3. The van der Waals surface area contributed by atoms with Crippen LogP contribution in [0.4, 0.5) is 14.4 Å². The largest absolute Gasteiger partial charge is 0.507 e. The predicted octanol–water partition coefficient (Wildman–Crippen LogP) is 10.9. The smallest absolute Gasteiger partial charge is 0.408 e. The Hall–Kier alpha value is -14.1. The number of phenolic OH excluding ortho intramolecular Hbond substituents is 1. The lowest BCUT2D eigenvalue weighted by Crippen LogP contribution is -2.45. The van der Waals surface area contributed by atoms with Crippen molar-refractivity contribution in [3.63, 3.8) is 0 Å². The lowest BCUT2D eigenvalue weighted by molar-refractivity contribution is -0.833. The first kappa shape index (κ1) is 97.7. The predicted molar refractivity (Wildman–Crippen MR) is 465 cm³/mol. The molecule has 11 aromatic rings. The first-order valence-corrected chi connectivity index (χ1v) is 41.3. The monoisotopic (exact) mass is 1880 g/mol. The van der Waals surface area contributed by atoms with Crippen molar-refractivity contribution >= 4 is 93.6 Å². The van der Waals surface area contributed by atoms with Gasteiger partial charge in [0.05, 0.1) is 70.6 Å². The number of nitrogens with zero attached hydrogens (tertiary/aromatic N) is 11. The fraction of sp³-hybridized carbons (Fsp3) is 0.379. The van der Waals surface area contributed by atoms with E-state index in [9.17, 15) is 58.2 Å². The zero-order chi connectivity index (χ0) is 93.0. The summed E-state index contributed by atoms with van der Waals surface area (Å²) in [5, 5.41) is 68.7. The fourth-order valence-electron chi connectivity index (χ4n) is 12.9. The van der Waals surface area contributed by atoms with Crippen molar-refractivity contribution in [2.24, 2.45) is 0 Å². The number of methoxy groups -OCH3 is 3. The molecule has 40 nitrogen and oxygen atoms in total. The molecule has 1 saturated carbocycles. The molecule has 12 rings (SSSR count). The van der Waals surface area contributed by atoms with Crippen LogP contribution in [-0.4, -0.2) is 199 Å². The molecular weight excluding hydrogens is 1780 g/mol. The Morgan fingerprint density at radius 2 is 1.06 bits per heavy atom. The molecule has 4 amide bonds. The molecule has 1 fully saturated rings. The second-order valence-corrected chi connectivity index (χ2v) is 33.1. The van der Waals surface area contributed by atoms with E-state index in [4.69, 9.17) is 52.0 Å². The Labute approximate surface area is 748 Å². The number of aromatic nitrogens is 14. The van der Waals surface area contributed by atoms with Crippen molar-refractivity contribution in [2.45, 2.75) is 194 Å². The summed E-state index contributed by atoms with van der Waals surface area (Å²) in [6.07, 6.45) is 7.35. The van der Waals surface area contributed by atoms with Crippen molar-refractivity contribution < 1.29 is 110 Å². The maximum absolute atomic E-state index is 13.2. The number of halogens is 1. The van der Waals surface area contributed by atoms with E-state index in [-0.39, 0.29) is 55.6 Å². The number of alkyl carbamates (subject to hydrolysis) is 3. The van der Waals surface area contributed by atoms with Crippen molar-refractivity contribution in [1.82, 2.24) is 87.5 Å². The number of phenols is 1. The van der Waals surface area contributed by atoms with Crippen LogP contribution < -0.4 is 35.5 Å². The number of carboxylic acids is 1. The van der Waals surface area contributed by atoms with Gasteiger partial charge in [0.1, 0.15) is 70.3 Å². The van der Waals surface area contributed by atoms with Crippen LogP contribution in [-0.2, 0) is 101 Å². The minimum atomic E-state index is -1.13. The third-order valence-corrected chi connectivity index (χ3v) is 19.2. The van der Waals surface area contributed by atoms with E-state index in [2.05, 4.69) is 82.5 Å². The number of aliphatic carboxylic acids is 1. The highest BCUT2D eigenvalue weighted by atomic mass is 127. The summed E-state index contributed by atoms with van der Waals surface area (Å²) < 4.78 is 54.3. The Morgan fingerprint density at radius 1 is 0.547 bits per heavy atom. The van der Waals surface area contributed by atoms with Crippen molar-refractivity contribution in [2.75, 3.05) is 21.3 Å². The number of carbonyl (C=O) groups is 10. The lowest BCUT2D eigenvalue weighted by Gasteiger charge is -2.25. The van der Waals surface area contributed by atoms with Gasteiger partial charge in [-0.05, 0) is 218 Å². The minimum Gasteiger partial charge on any atom is -0.507 e. The second kappa shape index (κ2) is 45.7. The summed E-state index contributed by atoms with van der Waals surface area (Å²) in [7, 11) is 3.71. The van der Waals surface area contributed by atoms with Crippen LogP contribution in [0.3, 0.4) is 0 Å². The number of aromatic amines is 3. The number of fused-ring (bicyclic) bond motifs is 1. The third kappa shape index (κ3) is 30.3. The summed E-state index contributed by atoms with van der Waals surface area (Å²) in [4.78, 5) is 127. The molecule has 1 aliphatic carbocycles. The average molecular weight is 1880 g/mol. The van der Waals surface area contributed by atoms with E-state index in [1.807, 2.05) is 71.1 Å². The summed E-state index contributed by atoms with van der Waals surface area (Å²) in [5.74, 6) is -2.09. The number of aromatic hydroxyl groups is 1. The van der Waals surface area contributed by atoms with E-state index < -0.39 is 101 Å². The van der Waals surface area contributed by atoms with Crippen LogP contribution in [0.15, 0.2) is 150 Å². The number of nitrogens with one attached hydrogen (secondary N) is 7. The van der Waals surface area contributed by atoms with Gasteiger partial charge in [0.25, 0.3) is 5.91 Å². The molecule has 128 heavy (non-hydrogen) atoms. The molecule has 0 saturated heterocycles. The molecule has 5 heterocycles. The molecule has 6 aromatic carbocycles. The number of H-pyrrole nitrogens is 3. The van der Waals surface area contributed by atoms with Gasteiger partial charge in [0, 0.05) is 56.7 Å². The van der Waals surface area contributed by atoms with Crippen LogP contribution in [0, 0.1) is 3.57 Å². The number of imidazole rings is 1. The summed E-state index contributed by atoms with van der Waals surface area (Å²) in [6.45, 7) is 18.6. The molecule has 9 N–H and O–H groups in total. The number of carboxylic acid groups (broad SMARTS) is 1. The SMILES string of the molecule is COC(=O)[C@H](Cc1ccc(O)c(-c2nn[nH]n2)c1)NC(=O)OC(C)(C)C.COC(=O)[C@H](Cc1ccc(OC(C)=O)c(-c2n[nH][n+](COCc3ccccc3)n2)c1)NC(=O)OC(C)(C)C.COC(=O)[C@H](Cc1ccc(OC(C)=O)c(I)c1)NC(=O)OC(C)(C)C.O=C(N[C@@H](Cc1cccc(-c2nn[nH]n2)c1)C(=O)O)c1ccc2c(c1)nc(-c1ccoc1)n2C1CCCCC1. The highest BCUT2D eigenvalue weighted by Crippen LogP contribution is 2.37. The van der Waals surface area contributed by atoms with E-state index >= 15 is 0 Å². The lowest BCUT2D eigenvalue weighted by atomic mass is 9.95. The zero-order valence-corrected chi connectivity index (χ0v) is 75.0. The van der Waals surface area contributed by atoms with Gasteiger partial charge < -0.3 is 83.1 Å². The number of tetrazole rings is 3. The Balaban J connectivity index is 0.000000197. The maximum atomic E-state index is 13.2. The number of esters is 5. The molecule has 0 radical (unpaired) electrons. The zero-order valence-electron chi connectivity index (χ0n) is 72.9. The van der Waals surface area contributed by atoms with Gasteiger partial charge in [-0.1, -0.05) is 86.0 Å². The number of benzene rings is 6. The summed E-state index contributed by atoms with van der Waals surface area (Å²) >= 11 is 2.03. The Morgan fingerprint density at radius 3 is 1.58 bits per heavy atom. The van der Waals surface area contributed by atoms with Gasteiger partial charge >= 0.3 is 59.9 Å². The van der Waals surface area contributed by atoms with Gasteiger partial charge in [-0.2, -0.15) is 10.4 Å². The molecule has 0 unspecified atom stereocenters. The van der Waals surface area contributed by atoms with Gasteiger partial charge in [0.2, 0.25) is 18.4 Å². The highest BCUT2D eigenvalue weighted by Gasteiger charge is 2.32. The summed E-state index contributed by atoms with van der Waals surface area (Å²) in [6, 6.07) is 35.1. The van der Waals surface area contributed by atoms with Crippen molar-refractivity contribution in [3.05, 3.63) is 183 Å². The second-order valence-electron chi connectivity index (χ2n) is 32.0. The number of rotatable bonds is 28. The molecule has 678 valence electrons. The molecule has 0 aliphatic heterocycles. The number of hydrogen-bond donors (Lipinski definition) is 9. The first-order valence-electron chi connectivity index (χ1n) is 40.2. The van der Waals surface area contributed by atoms with E-state index in [1.54, 1.807) is 154 Å². The summed E-state index contributed by atoms with van der Waals surface area (Å²) in [5.41, 5.74) is 5.97. The normalized spacial score (nSPS) is 12.9. The van der Waals surface area contributed by atoms with Crippen LogP contribution in [0.25, 0.3) is 56.6 Å². The highest BCUT2D eigenvalue weighted by molar-refractivity contribution is 14.1.